The Kier molecular flexibility index (Phi) is 6.63. The molecule has 140 valence electrons. The molecule has 1 saturated carbocycles. The molecule has 2 N–H and O–H groups in total. The molecule has 0 radical (unpaired) electrons. The molecule has 26 heavy (non-hydrogen) atoms. The van der Waals surface area contributed by atoms with Crippen LogP contribution in [0.25, 0.3) is 5.69 Å². The Morgan fingerprint density at radius 2 is 1.96 bits per heavy atom. The third-order valence-corrected chi connectivity index (χ3v) is 4.66. The Balaban J connectivity index is 1.54. The highest BCUT2D eigenvalue weighted by molar-refractivity contribution is 5.80. The lowest BCUT2D eigenvalue weighted by Crippen LogP contribution is -2.44. The van der Waals surface area contributed by atoms with Gasteiger partial charge in [0.15, 0.2) is 5.96 Å². The van der Waals surface area contributed by atoms with Crippen molar-refractivity contribution in [1.29, 1.82) is 0 Å². The van der Waals surface area contributed by atoms with Crippen LogP contribution in [0.3, 0.4) is 0 Å². The SMILES string of the molecule is CCNC(=NCCc1ccn(-c2ccc(F)cc2)n1)NC1CCCCC1. The van der Waals surface area contributed by atoms with E-state index in [0.717, 1.165) is 30.3 Å². The lowest BCUT2D eigenvalue weighted by molar-refractivity contribution is 0.410. The number of guanidine groups is 1. The van der Waals surface area contributed by atoms with Gasteiger partial charge in [-0.15, -0.1) is 0 Å². The number of hydrogen-bond donors (Lipinski definition) is 2. The van der Waals surface area contributed by atoms with E-state index in [1.54, 1.807) is 16.8 Å². The van der Waals surface area contributed by atoms with E-state index in [2.05, 4.69) is 22.7 Å². The Hall–Kier alpha value is -2.37. The minimum absolute atomic E-state index is 0.239. The predicted molar refractivity (Wildman–Crippen MR) is 103 cm³/mol. The number of rotatable bonds is 6. The summed E-state index contributed by atoms with van der Waals surface area (Å²) in [6.45, 7) is 3.63. The molecule has 0 unspecified atom stereocenters. The van der Waals surface area contributed by atoms with E-state index in [1.165, 1.54) is 44.2 Å². The summed E-state index contributed by atoms with van der Waals surface area (Å²) in [5, 5.41) is 11.4. The minimum atomic E-state index is -0.239. The van der Waals surface area contributed by atoms with Gasteiger partial charge in [0.25, 0.3) is 0 Å². The van der Waals surface area contributed by atoms with Crippen LogP contribution in [-0.2, 0) is 6.42 Å². The Bertz CT molecular complexity index is 701. The van der Waals surface area contributed by atoms with Crippen LogP contribution in [0.4, 0.5) is 4.39 Å². The third-order valence-electron chi connectivity index (χ3n) is 4.66. The molecular weight excluding hydrogens is 329 g/mol. The number of halogens is 1. The molecule has 6 heteroatoms. The molecule has 0 spiro atoms. The fourth-order valence-corrected chi connectivity index (χ4v) is 3.28. The highest BCUT2D eigenvalue weighted by atomic mass is 19.1. The smallest absolute Gasteiger partial charge is 0.191 e. The number of hydrogen-bond acceptors (Lipinski definition) is 2. The molecule has 5 nitrogen and oxygen atoms in total. The molecule has 1 aromatic heterocycles. The number of benzene rings is 1. The molecule has 0 aliphatic heterocycles. The van der Waals surface area contributed by atoms with Gasteiger partial charge in [0, 0.05) is 31.7 Å². The van der Waals surface area contributed by atoms with Crippen LogP contribution < -0.4 is 10.6 Å². The molecule has 1 fully saturated rings. The monoisotopic (exact) mass is 357 g/mol. The van der Waals surface area contributed by atoms with Crippen molar-refractivity contribution in [3.05, 3.63) is 48.0 Å². The topological polar surface area (TPSA) is 54.2 Å². The van der Waals surface area contributed by atoms with E-state index in [1.807, 2.05) is 12.3 Å². The second-order valence-corrected chi connectivity index (χ2v) is 6.72. The molecule has 2 aromatic rings. The summed E-state index contributed by atoms with van der Waals surface area (Å²) in [6, 6.07) is 8.87. The fraction of sp³-hybridized carbons (Fsp3) is 0.500. The number of nitrogens with zero attached hydrogens (tertiary/aromatic N) is 3. The van der Waals surface area contributed by atoms with E-state index >= 15 is 0 Å². The number of aromatic nitrogens is 2. The standard InChI is InChI=1S/C20H28FN5/c1-2-22-20(24-17-6-4-3-5-7-17)23-14-12-18-13-15-26(25-18)19-10-8-16(21)9-11-19/h8-11,13,15,17H,2-7,12,14H2,1H3,(H2,22,23,24). The van der Waals surface area contributed by atoms with Crippen molar-refractivity contribution in [2.24, 2.45) is 4.99 Å². The van der Waals surface area contributed by atoms with Crippen LogP contribution in [0.1, 0.15) is 44.7 Å². The molecule has 1 aliphatic rings. The molecule has 0 bridgehead atoms. The minimum Gasteiger partial charge on any atom is -0.357 e. The quantitative estimate of drug-likeness (QED) is 0.615. The maximum Gasteiger partial charge on any atom is 0.191 e. The lowest BCUT2D eigenvalue weighted by atomic mass is 9.96. The third kappa shape index (κ3) is 5.31. The van der Waals surface area contributed by atoms with E-state index in [0.29, 0.717) is 12.6 Å². The average molecular weight is 357 g/mol. The summed E-state index contributed by atoms with van der Waals surface area (Å²) in [4.78, 5) is 4.69. The Morgan fingerprint density at radius 1 is 1.19 bits per heavy atom. The molecule has 1 aromatic carbocycles. The predicted octanol–water partition coefficient (Wildman–Crippen LogP) is 3.44. The van der Waals surface area contributed by atoms with Crippen molar-refractivity contribution in [3.8, 4) is 5.69 Å². The maximum atomic E-state index is 13.0. The summed E-state index contributed by atoms with van der Waals surface area (Å²) in [5.74, 6) is 0.661. The van der Waals surface area contributed by atoms with Crippen molar-refractivity contribution in [1.82, 2.24) is 20.4 Å². The lowest BCUT2D eigenvalue weighted by Gasteiger charge is -2.24. The average Bonchev–Trinajstić information content (AvgIpc) is 3.12. The van der Waals surface area contributed by atoms with Gasteiger partial charge in [-0.25, -0.2) is 9.07 Å². The van der Waals surface area contributed by atoms with Gasteiger partial charge in [-0.2, -0.15) is 5.10 Å². The van der Waals surface area contributed by atoms with Crippen LogP contribution in [0, 0.1) is 5.82 Å². The van der Waals surface area contributed by atoms with Crippen molar-refractivity contribution in [2.45, 2.75) is 51.5 Å². The summed E-state index contributed by atoms with van der Waals surface area (Å²) in [7, 11) is 0. The second kappa shape index (κ2) is 9.36. The zero-order valence-corrected chi connectivity index (χ0v) is 15.4. The Morgan fingerprint density at radius 3 is 2.69 bits per heavy atom. The van der Waals surface area contributed by atoms with Crippen LogP contribution in [-0.4, -0.2) is 34.9 Å². The van der Waals surface area contributed by atoms with Crippen molar-refractivity contribution < 1.29 is 4.39 Å². The van der Waals surface area contributed by atoms with Gasteiger partial charge in [0.1, 0.15) is 5.82 Å². The molecule has 1 heterocycles. The molecular formula is C20H28FN5. The van der Waals surface area contributed by atoms with E-state index < -0.39 is 0 Å². The maximum absolute atomic E-state index is 13.0. The first-order valence-electron chi connectivity index (χ1n) is 9.60. The zero-order chi connectivity index (χ0) is 18.2. The van der Waals surface area contributed by atoms with Gasteiger partial charge in [0.2, 0.25) is 0 Å². The summed E-state index contributed by atoms with van der Waals surface area (Å²) >= 11 is 0. The first kappa shape index (κ1) is 18.4. The molecule has 1 aliphatic carbocycles. The number of nitrogens with one attached hydrogen (secondary N) is 2. The summed E-state index contributed by atoms with van der Waals surface area (Å²) in [5.41, 5.74) is 1.83. The van der Waals surface area contributed by atoms with Gasteiger partial charge in [-0.1, -0.05) is 19.3 Å². The largest absolute Gasteiger partial charge is 0.357 e. The fourth-order valence-electron chi connectivity index (χ4n) is 3.28. The van der Waals surface area contributed by atoms with Gasteiger partial charge >= 0.3 is 0 Å². The van der Waals surface area contributed by atoms with E-state index in [-0.39, 0.29) is 5.82 Å². The van der Waals surface area contributed by atoms with E-state index in [4.69, 9.17) is 4.99 Å². The molecule has 0 atom stereocenters. The molecule has 3 rings (SSSR count). The normalized spacial score (nSPS) is 15.8. The second-order valence-electron chi connectivity index (χ2n) is 6.72. The van der Waals surface area contributed by atoms with Gasteiger partial charge in [0.05, 0.1) is 11.4 Å². The van der Waals surface area contributed by atoms with Crippen molar-refractivity contribution in [3.63, 3.8) is 0 Å². The Labute approximate surface area is 154 Å². The summed E-state index contributed by atoms with van der Waals surface area (Å²) < 4.78 is 14.8. The molecule has 0 saturated heterocycles. The highest BCUT2D eigenvalue weighted by Gasteiger charge is 2.14. The van der Waals surface area contributed by atoms with Gasteiger partial charge in [-0.05, 0) is 50.1 Å². The van der Waals surface area contributed by atoms with Gasteiger partial charge < -0.3 is 10.6 Å². The first-order chi connectivity index (χ1) is 12.7. The van der Waals surface area contributed by atoms with Crippen LogP contribution in [0.15, 0.2) is 41.5 Å². The zero-order valence-electron chi connectivity index (χ0n) is 15.4. The van der Waals surface area contributed by atoms with Crippen LogP contribution >= 0.6 is 0 Å². The van der Waals surface area contributed by atoms with Crippen LogP contribution in [0.2, 0.25) is 0 Å². The number of aliphatic imine (C=N–C) groups is 1. The first-order valence-corrected chi connectivity index (χ1v) is 9.60. The highest BCUT2D eigenvalue weighted by Crippen LogP contribution is 2.17. The molecule has 0 amide bonds. The van der Waals surface area contributed by atoms with Crippen molar-refractivity contribution >= 4 is 5.96 Å². The van der Waals surface area contributed by atoms with Crippen LogP contribution in [0.5, 0.6) is 0 Å². The van der Waals surface area contributed by atoms with E-state index in [9.17, 15) is 4.39 Å². The van der Waals surface area contributed by atoms with Crippen molar-refractivity contribution in [2.75, 3.05) is 13.1 Å². The summed E-state index contributed by atoms with van der Waals surface area (Å²) in [6.07, 6.45) is 9.09. The van der Waals surface area contributed by atoms with Gasteiger partial charge in [-0.3, -0.25) is 4.99 Å².